The van der Waals surface area contributed by atoms with Crippen LogP contribution in [0.15, 0.2) is 24.3 Å². The molecule has 0 saturated heterocycles. The molecule has 20 heavy (non-hydrogen) atoms. The zero-order valence-corrected chi connectivity index (χ0v) is 10.4. The highest BCUT2D eigenvalue weighted by atomic mass is 19.4. The van der Waals surface area contributed by atoms with Crippen LogP contribution in [0.4, 0.5) is 13.2 Å². The van der Waals surface area contributed by atoms with Crippen LogP contribution < -0.4 is 4.74 Å². The summed E-state index contributed by atoms with van der Waals surface area (Å²) in [7, 11) is 0. The highest BCUT2D eigenvalue weighted by Gasteiger charge is 2.31. The van der Waals surface area contributed by atoms with E-state index in [1.54, 1.807) is 6.07 Å². The summed E-state index contributed by atoms with van der Waals surface area (Å²) >= 11 is 0. The second-order valence-corrected chi connectivity index (χ2v) is 4.00. The molecule has 0 N–H and O–H groups in total. The Balaban J connectivity index is 2.87. The third kappa shape index (κ3) is 4.72. The summed E-state index contributed by atoms with van der Waals surface area (Å²) < 4.78 is 39.8. The number of benzene rings is 1. The molecule has 0 amide bonds. The van der Waals surface area contributed by atoms with Crippen molar-refractivity contribution in [1.82, 2.24) is 0 Å². The molecule has 0 spiro atoms. The summed E-state index contributed by atoms with van der Waals surface area (Å²) in [5, 5.41) is 8.70. The van der Waals surface area contributed by atoms with Crippen molar-refractivity contribution < 1.29 is 27.5 Å². The quantitative estimate of drug-likeness (QED) is 0.780. The standard InChI is InChI=1S/C13H10F3NO3/c1-8(18)10(7-17)6-12(19)9-3-2-4-11(5-9)20-13(14,15)16/h2-5,10H,6H2,1H3. The van der Waals surface area contributed by atoms with E-state index in [9.17, 15) is 22.8 Å². The number of hydrogen-bond acceptors (Lipinski definition) is 4. The number of ether oxygens (including phenoxy) is 1. The normalized spacial score (nSPS) is 12.3. The Hall–Kier alpha value is -2.36. The van der Waals surface area contributed by atoms with Crippen LogP contribution in [-0.4, -0.2) is 17.9 Å². The van der Waals surface area contributed by atoms with E-state index in [1.807, 2.05) is 0 Å². The predicted molar refractivity (Wildman–Crippen MR) is 61.9 cm³/mol. The third-order valence-corrected chi connectivity index (χ3v) is 2.43. The Labute approximate surface area is 112 Å². The maximum atomic E-state index is 12.0. The number of nitrogens with zero attached hydrogens (tertiary/aromatic N) is 1. The van der Waals surface area contributed by atoms with Crippen LogP contribution in [0.25, 0.3) is 0 Å². The second-order valence-electron chi connectivity index (χ2n) is 4.00. The molecule has 1 atom stereocenters. The molecule has 0 aliphatic rings. The number of alkyl halides is 3. The highest BCUT2D eigenvalue weighted by molar-refractivity contribution is 5.99. The minimum atomic E-state index is -4.85. The van der Waals surface area contributed by atoms with E-state index in [-0.39, 0.29) is 12.0 Å². The summed E-state index contributed by atoms with van der Waals surface area (Å²) in [5.41, 5.74) is -0.0479. The van der Waals surface area contributed by atoms with Gasteiger partial charge in [0.15, 0.2) is 5.78 Å². The fourth-order valence-corrected chi connectivity index (χ4v) is 1.45. The topological polar surface area (TPSA) is 67.2 Å². The molecule has 1 aromatic rings. The number of carbonyl (C=O) groups is 2. The molecule has 0 fully saturated rings. The highest BCUT2D eigenvalue weighted by Crippen LogP contribution is 2.24. The van der Waals surface area contributed by atoms with E-state index in [4.69, 9.17) is 5.26 Å². The zero-order valence-electron chi connectivity index (χ0n) is 10.4. The molecule has 0 aliphatic heterocycles. The maximum absolute atomic E-state index is 12.0. The lowest BCUT2D eigenvalue weighted by molar-refractivity contribution is -0.274. The Morgan fingerprint density at radius 3 is 2.55 bits per heavy atom. The number of carbonyl (C=O) groups excluding carboxylic acids is 2. The zero-order chi connectivity index (χ0) is 15.3. The van der Waals surface area contributed by atoms with Gasteiger partial charge >= 0.3 is 6.36 Å². The molecule has 106 valence electrons. The van der Waals surface area contributed by atoms with Gasteiger partial charge in [0.05, 0.1) is 6.07 Å². The molecule has 7 heteroatoms. The van der Waals surface area contributed by atoms with Gasteiger partial charge in [0.2, 0.25) is 0 Å². The molecule has 1 unspecified atom stereocenters. The van der Waals surface area contributed by atoms with Crippen LogP contribution in [0, 0.1) is 17.2 Å². The molecular weight excluding hydrogens is 275 g/mol. The van der Waals surface area contributed by atoms with Crippen molar-refractivity contribution in [3.8, 4) is 11.8 Å². The van der Waals surface area contributed by atoms with Gasteiger partial charge in [0.25, 0.3) is 0 Å². The van der Waals surface area contributed by atoms with Gasteiger partial charge in [0.1, 0.15) is 17.5 Å². The first-order valence-corrected chi connectivity index (χ1v) is 5.52. The van der Waals surface area contributed by atoms with Gasteiger partial charge < -0.3 is 4.74 Å². The molecule has 0 heterocycles. The fourth-order valence-electron chi connectivity index (χ4n) is 1.45. The summed E-state index contributed by atoms with van der Waals surface area (Å²) in [5.74, 6) is -2.70. The minimum absolute atomic E-state index is 0.0479. The molecule has 0 radical (unpaired) electrons. The van der Waals surface area contributed by atoms with Crippen molar-refractivity contribution in [2.45, 2.75) is 19.7 Å². The maximum Gasteiger partial charge on any atom is 0.573 e. The minimum Gasteiger partial charge on any atom is -0.406 e. The summed E-state index contributed by atoms with van der Waals surface area (Å²) in [4.78, 5) is 22.8. The first kappa shape index (κ1) is 15.7. The molecule has 0 saturated carbocycles. The van der Waals surface area contributed by atoms with Crippen molar-refractivity contribution in [2.24, 2.45) is 5.92 Å². The average Bonchev–Trinajstić information content (AvgIpc) is 2.33. The number of nitriles is 1. The third-order valence-electron chi connectivity index (χ3n) is 2.43. The van der Waals surface area contributed by atoms with E-state index in [1.165, 1.54) is 19.1 Å². The van der Waals surface area contributed by atoms with Crippen molar-refractivity contribution in [1.29, 1.82) is 5.26 Å². The van der Waals surface area contributed by atoms with Gasteiger partial charge in [-0.25, -0.2) is 0 Å². The molecular formula is C13H10F3NO3. The van der Waals surface area contributed by atoms with Crippen LogP contribution in [0.5, 0.6) is 5.75 Å². The number of rotatable bonds is 5. The smallest absolute Gasteiger partial charge is 0.406 e. The van der Waals surface area contributed by atoms with Crippen molar-refractivity contribution >= 4 is 11.6 Å². The molecule has 4 nitrogen and oxygen atoms in total. The Morgan fingerprint density at radius 2 is 2.05 bits per heavy atom. The van der Waals surface area contributed by atoms with Crippen LogP contribution in [0.3, 0.4) is 0 Å². The van der Waals surface area contributed by atoms with Crippen molar-refractivity contribution in [2.75, 3.05) is 0 Å². The Bertz CT molecular complexity index is 561. The van der Waals surface area contributed by atoms with Crippen LogP contribution in [0.2, 0.25) is 0 Å². The lowest BCUT2D eigenvalue weighted by Crippen LogP contribution is -2.18. The number of Topliss-reactive ketones (excluding diaryl/α,β-unsaturated/α-hetero) is 2. The van der Waals surface area contributed by atoms with Crippen molar-refractivity contribution in [3.05, 3.63) is 29.8 Å². The summed E-state index contributed by atoms with van der Waals surface area (Å²) in [6.45, 7) is 1.17. The van der Waals surface area contributed by atoms with E-state index >= 15 is 0 Å². The van der Waals surface area contributed by atoms with Gasteiger partial charge in [-0.3, -0.25) is 9.59 Å². The molecule has 0 bridgehead atoms. The molecule has 0 aromatic heterocycles. The fraction of sp³-hybridized carbons (Fsp3) is 0.308. The van der Waals surface area contributed by atoms with Gasteiger partial charge in [0, 0.05) is 12.0 Å². The second kappa shape index (κ2) is 6.19. The van der Waals surface area contributed by atoms with Crippen LogP contribution in [0.1, 0.15) is 23.7 Å². The first-order valence-electron chi connectivity index (χ1n) is 5.52. The van der Waals surface area contributed by atoms with Crippen LogP contribution in [-0.2, 0) is 4.79 Å². The van der Waals surface area contributed by atoms with Crippen LogP contribution >= 0.6 is 0 Å². The van der Waals surface area contributed by atoms with E-state index in [2.05, 4.69) is 4.74 Å². The van der Waals surface area contributed by atoms with Gasteiger partial charge in [-0.15, -0.1) is 13.2 Å². The number of hydrogen-bond donors (Lipinski definition) is 0. The largest absolute Gasteiger partial charge is 0.573 e. The molecule has 1 aromatic carbocycles. The van der Waals surface area contributed by atoms with Gasteiger partial charge in [-0.2, -0.15) is 5.26 Å². The predicted octanol–water partition coefficient (Wildman–Crippen LogP) is 2.89. The van der Waals surface area contributed by atoms with Crippen molar-refractivity contribution in [3.63, 3.8) is 0 Å². The lowest BCUT2D eigenvalue weighted by atomic mass is 9.96. The number of halogens is 3. The van der Waals surface area contributed by atoms with Gasteiger partial charge in [-0.05, 0) is 19.1 Å². The SMILES string of the molecule is CC(=O)C(C#N)CC(=O)c1cccc(OC(F)(F)F)c1. The van der Waals surface area contributed by atoms with Gasteiger partial charge in [-0.1, -0.05) is 12.1 Å². The van der Waals surface area contributed by atoms with E-state index in [0.717, 1.165) is 12.1 Å². The lowest BCUT2D eigenvalue weighted by Gasteiger charge is -2.10. The summed E-state index contributed by atoms with van der Waals surface area (Å²) in [6.07, 6.45) is -5.22. The molecule has 1 rings (SSSR count). The Morgan fingerprint density at radius 1 is 1.40 bits per heavy atom. The average molecular weight is 285 g/mol. The molecule has 0 aliphatic carbocycles. The monoisotopic (exact) mass is 285 g/mol. The Kier molecular flexibility index (Phi) is 4.86. The van der Waals surface area contributed by atoms with E-state index in [0.29, 0.717) is 0 Å². The summed E-state index contributed by atoms with van der Waals surface area (Å²) in [6, 6.07) is 6.16. The van der Waals surface area contributed by atoms with E-state index < -0.39 is 29.6 Å². The first-order chi connectivity index (χ1) is 9.23. The number of ketones is 2.